The van der Waals surface area contributed by atoms with E-state index < -0.39 is 0 Å². The highest BCUT2D eigenvalue weighted by atomic mass is 32.2. The molecule has 1 heterocycles. The van der Waals surface area contributed by atoms with Gasteiger partial charge in [0, 0.05) is 0 Å². The molecule has 2 rings (SSSR count). The van der Waals surface area contributed by atoms with Crippen LogP contribution in [0, 0.1) is 13.8 Å². The van der Waals surface area contributed by atoms with Crippen LogP contribution in [0.2, 0.25) is 0 Å². The fraction of sp³-hybridized carbons (Fsp3) is 0.286. The van der Waals surface area contributed by atoms with Crippen LogP contribution < -0.4 is 0 Å². The van der Waals surface area contributed by atoms with Gasteiger partial charge in [-0.25, -0.2) is 0 Å². The van der Waals surface area contributed by atoms with Crippen molar-refractivity contribution in [1.82, 2.24) is 0 Å². The average Bonchev–Trinajstić information content (AvgIpc) is 2.64. The minimum absolute atomic E-state index is 0.0995. The number of rotatable bonds is 2. The predicted molar refractivity (Wildman–Crippen MR) is 75.8 cm³/mol. The molecule has 0 spiro atoms. The van der Waals surface area contributed by atoms with Gasteiger partial charge in [0.25, 0.3) is 0 Å². The van der Waals surface area contributed by atoms with Gasteiger partial charge in [-0.1, -0.05) is 17.8 Å². The molecule has 0 bridgehead atoms. The molecular weight excluding hydrogens is 246 g/mol. The van der Waals surface area contributed by atoms with Crippen LogP contribution in [0.3, 0.4) is 0 Å². The van der Waals surface area contributed by atoms with Crippen molar-refractivity contribution in [3.05, 3.63) is 40.7 Å². The lowest BCUT2D eigenvalue weighted by atomic mass is 10.1. The Hall–Kier alpha value is -1.55. The average molecular weight is 261 g/mol. The molecular formula is C14H15NO2S. The van der Waals surface area contributed by atoms with Gasteiger partial charge < -0.3 is 5.11 Å². The molecule has 0 aromatic heterocycles. The Morgan fingerprint density at radius 1 is 1.33 bits per heavy atom. The zero-order chi connectivity index (χ0) is 13.3. The highest BCUT2D eigenvalue weighted by Gasteiger charge is 2.25. The zero-order valence-corrected chi connectivity index (χ0v) is 11.5. The summed E-state index contributed by atoms with van der Waals surface area (Å²) < 4.78 is 0. The maximum Gasteiger partial charge on any atom is 0.225 e. The molecule has 0 unspecified atom stereocenters. The van der Waals surface area contributed by atoms with Crippen molar-refractivity contribution < 1.29 is 9.90 Å². The molecule has 0 atom stereocenters. The molecule has 94 valence electrons. The summed E-state index contributed by atoms with van der Waals surface area (Å²) in [5.41, 5.74) is 4.11. The summed E-state index contributed by atoms with van der Waals surface area (Å²) in [5, 5.41) is 9.56. The van der Waals surface area contributed by atoms with E-state index in [1.807, 2.05) is 32.0 Å². The maximum atomic E-state index is 11.6. The first kappa shape index (κ1) is 12.9. The molecule has 0 radical (unpaired) electrons. The van der Waals surface area contributed by atoms with Crippen LogP contribution in [-0.2, 0) is 4.79 Å². The van der Waals surface area contributed by atoms with Crippen molar-refractivity contribution >= 4 is 28.3 Å². The summed E-state index contributed by atoms with van der Waals surface area (Å²) in [6, 6.07) is 5.89. The molecule has 1 aromatic rings. The molecule has 1 aromatic carbocycles. The van der Waals surface area contributed by atoms with E-state index in [4.69, 9.17) is 0 Å². The number of thioether (sulfide) groups is 1. The third-order valence-corrected chi connectivity index (χ3v) is 3.87. The molecule has 3 nitrogen and oxygen atoms in total. The third-order valence-electron chi connectivity index (χ3n) is 2.98. The molecule has 1 aliphatic rings. The van der Waals surface area contributed by atoms with Crippen molar-refractivity contribution in [2.45, 2.75) is 20.8 Å². The Kier molecular flexibility index (Phi) is 3.57. The minimum Gasteiger partial charge on any atom is -0.511 e. The lowest BCUT2D eigenvalue weighted by molar-refractivity contribution is -0.107. The van der Waals surface area contributed by atoms with Crippen LogP contribution in [0.1, 0.15) is 18.1 Å². The van der Waals surface area contributed by atoms with Gasteiger partial charge >= 0.3 is 0 Å². The predicted octanol–water partition coefficient (Wildman–Crippen LogP) is 3.48. The topological polar surface area (TPSA) is 49.7 Å². The van der Waals surface area contributed by atoms with Crippen molar-refractivity contribution in [2.75, 3.05) is 5.75 Å². The second-order valence-electron chi connectivity index (χ2n) is 4.36. The van der Waals surface area contributed by atoms with Gasteiger partial charge in [0.2, 0.25) is 5.12 Å². The Bertz CT molecular complexity index is 573. The number of aliphatic imine (C=N–C) groups is 1. The smallest absolute Gasteiger partial charge is 0.225 e. The Morgan fingerprint density at radius 2 is 2.06 bits per heavy atom. The van der Waals surface area contributed by atoms with Crippen LogP contribution >= 0.6 is 11.8 Å². The summed E-state index contributed by atoms with van der Waals surface area (Å²) in [6.45, 7) is 5.82. The standard InChI is InChI=1S/C14H15NO2S/c1-8-4-5-11(6-9(8)2)15-10(3)13-12(16)7-18-14(13)17/h4-6,16H,7H2,1-3H3. The first-order chi connectivity index (χ1) is 8.49. The first-order valence-electron chi connectivity index (χ1n) is 5.71. The van der Waals surface area contributed by atoms with E-state index in [0.717, 1.165) is 23.0 Å². The molecule has 0 aliphatic carbocycles. The number of hydrogen-bond donors (Lipinski definition) is 1. The van der Waals surface area contributed by atoms with Gasteiger partial charge in [0.1, 0.15) is 5.76 Å². The SMILES string of the molecule is CC(=Nc1ccc(C)c(C)c1)C1=C(O)CSC1=O. The van der Waals surface area contributed by atoms with Crippen molar-refractivity contribution in [3.8, 4) is 0 Å². The van der Waals surface area contributed by atoms with Gasteiger partial charge in [-0.2, -0.15) is 0 Å². The molecule has 0 saturated carbocycles. The molecule has 1 N–H and O–H groups in total. The van der Waals surface area contributed by atoms with E-state index in [1.165, 1.54) is 5.56 Å². The number of benzene rings is 1. The second kappa shape index (κ2) is 4.98. The van der Waals surface area contributed by atoms with Crippen LogP contribution in [0.25, 0.3) is 0 Å². The van der Waals surface area contributed by atoms with Crippen molar-refractivity contribution in [1.29, 1.82) is 0 Å². The lowest BCUT2D eigenvalue weighted by Gasteiger charge is -2.04. The fourth-order valence-corrected chi connectivity index (χ4v) is 2.62. The van der Waals surface area contributed by atoms with E-state index >= 15 is 0 Å². The molecule has 1 aliphatic heterocycles. The number of aliphatic hydroxyl groups is 1. The van der Waals surface area contributed by atoms with Gasteiger partial charge in [-0.15, -0.1) is 0 Å². The Morgan fingerprint density at radius 3 is 2.61 bits per heavy atom. The minimum atomic E-state index is -0.0995. The van der Waals surface area contributed by atoms with E-state index in [0.29, 0.717) is 17.0 Å². The Balaban J connectivity index is 2.36. The van der Waals surface area contributed by atoms with Crippen LogP contribution in [0.5, 0.6) is 0 Å². The first-order valence-corrected chi connectivity index (χ1v) is 6.69. The van der Waals surface area contributed by atoms with Crippen LogP contribution in [0.4, 0.5) is 5.69 Å². The highest BCUT2D eigenvalue weighted by molar-refractivity contribution is 8.14. The maximum absolute atomic E-state index is 11.6. The number of aliphatic hydroxyl groups excluding tert-OH is 1. The molecule has 0 fully saturated rings. The lowest BCUT2D eigenvalue weighted by Crippen LogP contribution is -2.04. The Labute approximate surface area is 111 Å². The second-order valence-corrected chi connectivity index (χ2v) is 5.31. The monoisotopic (exact) mass is 261 g/mol. The number of carbonyl (C=O) groups excluding carboxylic acids is 1. The molecule has 18 heavy (non-hydrogen) atoms. The van der Waals surface area contributed by atoms with Gasteiger partial charge in [-0.3, -0.25) is 9.79 Å². The van der Waals surface area contributed by atoms with Gasteiger partial charge in [-0.05, 0) is 44.0 Å². The number of carbonyl (C=O) groups is 1. The van der Waals surface area contributed by atoms with E-state index in [1.54, 1.807) is 6.92 Å². The van der Waals surface area contributed by atoms with Gasteiger partial charge in [0.05, 0.1) is 22.7 Å². The van der Waals surface area contributed by atoms with E-state index in [2.05, 4.69) is 4.99 Å². The van der Waals surface area contributed by atoms with Crippen LogP contribution in [-0.4, -0.2) is 21.7 Å². The zero-order valence-electron chi connectivity index (χ0n) is 10.7. The van der Waals surface area contributed by atoms with Gasteiger partial charge in [0.15, 0.2) is 0 Å². The van der Waals surface area contributed by atoms with Crippen molar-refractivity contribution in [3.63, 3.8) is 0 Å². The molecule has 0 saturated heterocycles. The summed E-state index contributed by atoms with van der Waals surface area (Å²) >= 11 is 1.11. The number of hydrogen-bond acceptors (Lipinski definition) is 4. The summed E-state index contributed by atoms with van der Waals surface area (Å²) in [7, 11) is 0. The van der Waals surface area contributed by atoms with E-state index in [9.17, 15) is 9.90 Å². The summed E-state index contributed by atoms with van der Waals surface area (Å²) in [6.07, 6.45) is 0. The number of nitrogens with zero attached hydrogens (tertiary/aromatic N) is 1. The summed E-state index contributed by atoms with van der Waals surface area (Å²) in [5.74, 6) is 0.489. The molecule has 4 heteroatoms. The van der Waals surface area contributed by atoms with E-state index in [-0.39, 0.29) is 10.9 Å². The molecule has 0 amide bonds. The summed E-state index contributed by atoms with van der Waals surface area (Å²) in [4.78, 5) is 16.0. The largest absolute Gasteiger partial charge is 0.511 e. The fourth-order valence-electron chi connectivity index (χ4n) is 1.80. The highest BCUT2D eigenvalue weighted by Crippen LogP contribution is 2.27. The van der Waals surface area contributed by atoms with Crippen molar-refractivity contribution in [2.24, 2.45) is 4.99 Å². The normalized spacial score (nSPS) is 16.6. The van der Waals surface area contributed by atoms with Crippen LogP contribution in [0.15, 0.2) is 34.5 Å². The quantitative estimate of drug-likeness (QED) is 0.829. The third kappa shape index (κ3) is 2.48. The number of aryl methyl sites for hydroxylation is 2.